The fraction of sp³-hybridized carbons (Fsp3) is 0.312. The van der Waals surface area contributed by atoms with Gasteiger partial charge in [-0.15, -0.1) is 6.58 Å². The number of rotatable bonds is 9. The van der Waals surface area contributed by atoms with E-state index in [1.54, 1.807) is 61.5 Å². The number of aliphatic hydroxyl groups is 1. The van der Waals surface area contributed by atoms with Crippen molar-refractivity contribution in [2.45, 2.75) is 51.0 Å². The number of halogens is 3. The summed E-state index contributed by atoms with van der Waals surface area (Å²) in [7, 11) is 0. The van der Waals surface area contributed by atoms with Crippen molar-refractivity contribution in [3.63, 3.8) is 0 Å². The average Bonchev–Trinajstić information content (AvgIpc) is 2.90. The fourth-order valence-corrected chi connectivity index (χ4v) is 4.98. The summed E-state index contributed by atoms with van der Waals surface area (Å²) in [6.45, 7) is 5.87. The molecule has 0 saturated heterocycles. The van der Waals surface area contributed by atoms with Gasteiger partial charge >= 0.3 is 0 Å². The van der Waals surface area contributed by atoms with E-state index in [9.17, 15) is 18.3 Å². The monoisotopic (exact) mass is 506 g/mol. The van der Waals surface area contributed by atoms with Crippen LogP contribution in [0.15, 0.2) is 67.3 Å². The Balaban J connectivity index is 1.43. The lowest BCUT2D eigenvalue weighted by atomic mass is 9.76. The Morgan fingerprint density at radius 2 is 1.68 bits per heavy atom. The van der Waals surface area contributed by atoms with Crippen LogP contribution in [0.3, 0.4) is 0 Å². The molecule has 5 heteroatoms. The highest BCUT2D eigenvalue weighted by atomic mass is 19.2. The zero-order chi connectivity index (χ0) is 26.4. The number of hydrogen-bond acceptors (Lipinski definition) is 2. The van der Waals surface area contributed by atoms with Crippen molar-refractivity contribution in [3.05, 3.63) is 101 Å². The Morgan fingerprint density at radius 3 is 2.32 bits per heavy atom. The first-order valence-corrected chi connectivity index (χ1v) is 12.8. The first-order chi connectivity index (χ1) is 17.9. The lowest BCUT2D eigenvalue weighted by molar-refractivity contribution is 0.0963. The summed E-state index contributed by atoms with van der Waals surface area (Å²) in [6.07, 6.45) is 8.46. The molecule has 0 aliphatic heterocycles. The predicted molar refractivity (Wildman–Crippen MR) is 144 cm³/mol. The molecule has 0 radical (unpaired) electrons. The van der Waals surface area contributed by atoms with Crippen molar-refractivity contribution in [1.29, 1.82) is 0 Å². The van der Waals surface area contributed by atoms with E-state index < -0.39 is 11.6 Å². The number of hydrogen-bond donors (Lipinski definition) is 1. The number of ether oxygens (including phenoxy) is 1. The van der Waals surface area contributed by atoms with E-state index >= 15 is 0 Å². The van der Waals surface area contributed by atoms with Crippen molar-refractivity contribution < 1.29 is 23.0 Å². The van der Waals surface area contributed by atoms with Gasteiger partial charge in [0, 0.05) is 17.2 Å². The predicted octanol–water partition coefficient (Wildman–Crippen LogP) is 8.55. The van der Waals surface area contributed by atoms with Crippen LogP contribution in [-0.2, 0) is 0 Å². The third-order valence-electron chi connectivity index (χ3n) is 7.24. The molecule has 0 aromatic heterocycles. The lowest BCUT2D eigenvalue weighted by Crippen LogP contribution is -2.23. The van der Waals surface area contributed by atoms with Crippen LogP contribution in [0.1, 0.15) is 61.6 Å². The van der Waals surface area contributed by atoms with Crippen molar-refractivity contribution >= 4 is 12.2 Å². The van der Waals surface area contributed by atoms with Crippen LogP contribution in [0.5, 0.6) is 5.75 Å². The quantitative estimate of drug-likeness (QED) is 0.179. The molecule has 1 atom stereocenters. The molecule has 0 heterocycles. The molecule has 194 valence electrons. The number of benzene rings is 3. The van der Waals surface area contributed by atoms with Crippen LogP contribution >= 0.6 is 0 Å². The Morgan fingerprint density at radius 1 is 0.946 bits per heavy atom. The number of aliphatic hydroxyl groups excluding tert-OH is 1. The minimum atomic E-state index is -0.847. The Kier molecular flexibility index (Phi) is 8.88. The van der Waals surface area contributed by atoms with Gasteiger partial charge in [-0.3, -0.25) is 0 Å². The van der Waals surface area contributed by atoms with Gasteiger partial charge in [0.1, 0.15) is 11.6 Å². The summed E-state index contributed by atoms with van der Waals surface area (Å²) < 4.78 is 49.9. The van der Waals surface area contributed by atoms with E-state index in [0.29, 0.717) is 35.5 Å². The van der Waals surface area contributed by atoms with Crippen molar-refractivity contribution in [2.75, 3.05) is 6.61 Å². The van der Waals surface area contributed by atoms with Crippen LogP contribution < -0.4 is 4.74 Å². The molecule has 1 unspecified atom stereocenters. The zero-order valence-corrected chi connectivity index (χ0v) is 21.1. The maximum atomic E-state index is 14.9. The molecule has 1 N–H and O–H groups in total. The maximum Gasteiger partial charge on any atom is 0.166 e. The first-order valence-electron chi connectivity index (χ1n) is 12.8. The Labute approximate surface area is 217 Å². The summed E-state index contributed by atoms with van der Waals surface area (Å²) in [6, 6.07) is 15.3. The highest BCUT2D eigenvalue weighted by Gasteiger charge is 2.28. The molecule has 3 aromatic rings. The molecule has 1 aliphatic rings. The Bertz CT molecular complexity index is 1240. The van der Waals surface area contributed by atoms with E-state index in [4.69, 9.17) is 4.74 Å². The van der Waals surface area contributed by atoms with Crippen LogP contribution in [0.25, 0.3) is 23.3 Å². The van der Waals surface area contributed by atoms with Gasteiger partial charge in [0.15, 0.2) is 11.6 Å². The minimum Gasteiger partial charge on any atom is -0.493 e. The average molecular weight is 507 g/mol. The molecular formula is C32H33F3O2. The molecule has 1 fully saturated rings. The molecule has 0 amide bonds. The van der Waals surface area contributed by atoms with Gasteiger partial charge in [0.05, 0.1) is 12.7 Å². The largest absolute Gasteiger partial charge is 0.493 e. The highest BCUT2D eigenvalue weighted by molar-refractivity contribution is 5.73. The molecule has 3 aromatic carbocycles. The third kappa shape index (κ3) is 6.53. The summed E-state index contributed by atoms with van der Waals surface area (Å²) >= 11 is 0. The highest BCUT2D eigenvalue weighted by Crippen LogP contribution is 2.39. The van der Waals surface area contributed by atoms with Gasteiger partial charge in [0.25, 0.3) is 0 Å². The molecule has 37 heavy (non-hydrogen) atoms. The topological polar surface area (TPSA) is 29.5 Å². The molecule has 2 nitrogen and oxygen atoms in total. The molecule has 0 spiro atoms. The van der Waals surface area contributed by atoms with Gasteiger partial charge in [0.2, 0.25) is 0 Å². The fourth-order valence-electron chi connectivity index (χ4n) is 4.98. The smallest absolute Gasteiger partial charge is 0.166 e. The normalized spacial score (nSPS) is 18.6. The Hall–Kier alpha value is -3.31. The van der Waals surface area contributed by atoms with Gasteiger partial charge in [-0.05, 0) is 79.7 Å². The summed E-state index contributed by atoms with van der Waals surface area (Å²) in [5.74, 6) is -1.34. The standard InChI is InChI=1S/C32H33F3O2/c1-3-4-19-37-27-16-18-28(30(33)20-27)24-8-5-22(6-9-24)7-10-26-15-17-29(32(35)31(26)34)25-13-11-23(12-14-25)21(2)36/h3,5-10,15-18,20-21,23,25,36H,1,4,11-14,19H2,2H3/b10-7+. The summed E-state index contributed by atoms with van der Waals surface area (Å²) in [4.78, 5) is 0. The minimum absolute atomic E-state index is 0.0248. The van der Waals surface area contributed by atoms with E-state index in [1.807, 2.05) is 12.1 Å². The molecule has 4 rings (SSSR count). The second-order valence-corrected chi connectivity index (χ2v) is 9.75. The third-order valence-corrected chi connectivity index (χ3v) is 7.24. The van der Waals surface area contributed by atoms with Crippen LogP contribution in [0.4, 0.5) is 13.2 Å². The van der Waals surface area contributed by atoms with Crippen LogP contribution in [0, 0.1) is 23.4 Å². The second kappa shape index (κ2) is 12.3. The van der Waals surface area contributed by atoms with Gasteiger partial charge in [-0.1, -0.05) is 54.6 Å². The van der Waals surface area contributed by atoms with Crippen molar-refractivity contribution in [3.8, 4) is 16.9 Å². The summed E-state index contributed by atoms with van der Waals surface area (Å²) in [5.41, 5.74) is 2.55. The van der Waals surface area contributed by atoms with Crippen molar-refractivity contribution in [1.82, 2.24) is 0 Å². The molecular weight excluding hydrogens is 473 g/mol. The van der Waals surface area contributed by atoms with E-state index in [1.165, 1.54) is 6.07 Å². The van der Waals surface area contributed by atoms with Crippen molar-refractivity contribution in [2.24, 2.45) is 5.92 Å². The van der Waals surface area contributed by atoms with Crippen LogP contribution in [-0.4, -0.2) is 17.8 Å². The van der Waals surface area contributed by atoms with E-state index in [2.05, 4.69) is 6.58 Å². The van der Waals surface area contributed by atoms with E-state index in [0.717, 1.165) is 31.2 Å². The zero-order valence-electron chi connectivity index (χ0n) is 21.1. The van der Waals surface area contributed by atoms with Crippen LogP contribution in [0.2, 0.25) is 0 Å². The summed E-state index contributed by atoms with van der Waals surface area (Å²) in [5, 5.41) is 9.79. The molecule has 1 saturated carbocycles. The van der Waals surface area contributed by atoms with Gasteiger partial charge in [-0.25, -0.2) is 13.2 Å². The van der Waals surface area contributed by atoms with E-state index in [-0.39, 0.29) is 29.3 Å². The first kappa shape index (κ1) is 26.7. The maximum absolute atomic E-state index is 14.9. The molecule has 1 aliphatic carbocycles. The van der Waals surface area contributed by atoms with Gasteiger partial charge in [-0.2, -0.15) is 0 Å². The SMILES string of the molecule is C=CCCOc1ccc(-c2ccc(/C=C/c3ccc(C4CCC(C(C)O)CC4)c(F)c3F)cc2)c(F)c1. The second-order valence-electron chi connectivity index (χ2n) is 9.75. The van der Waals surface area contributed by atoms with Gasteiger partial charge < -0.3 is 9.84 Å². The molecule has 0 bridgehead atoms. The lowest BCUT2D eigenvalue weighted by Gasteiger charge is -2.30.